The Hall–Kier alpha value is -2.14. The smallest absolute Gasteiger partial charge is 0.475 e. The van der Waals surface area contributed by atoms with E-state index in [-0.39, 0.29) is 11.3 Å². The molecule has 176 valence electrons. The highest BCUT2D eigenvalue weighted by molar-refractivity contribution is 5.79. The van der Waals surface area contributed by atoms with Gasteiger partial charge in [0.25, 0.3) is 0 Å². The van der Waals surface area contributed by atoms with Crippen LogP contribution in [0.15, 0.2) is 4.52 Å². The lowest BCUT2D eigenvalue weighted by Crippen LogP contribution is -2.41. The number of aromatic nitrogens is 1. The summed E-state index contributed by atoms with van der Waals surface area (Å²) in [5, 5.41) is 11.2. The molecule has 1 amide bonds. The van der Waals surface area contributed by atoms with Crippen LogP contribution in [0, 0.1) is 25.2 Å². The highest BCUT2D eigenvalue weighted by Crippen LogP contribution is 2.35. The van der Waals surface area contributed by atoms with Gasteiger partial charge in [-0.1, -0.05) is 19.0 Å². The first-order valence-corrected chi connectivity index (χ1v) is 10.1. The van der Waals surface area contributed by atoms with Gasteiger partial charge in [0.1, 0.15) is 5.76 Å². The number of rotatable bonds is 4. The van der Waals surface area contributed by atoms with Crippen molar-refractivity contribution in [3.05, 3.63) is 17.0 Å². The zero-order valence-electron chi connectivity index (χ0n) is 18.3. The Bertz CT molecular complexity index is 761. The van der Waals surface area contributed by atoms with Crippen molar-refractivity contribution in [1.29, 1.82) is 0 Å². The summed E-state index contributed by atoms with van der Waals surface area (Å²) < 4.78 is 42.9. The minimum absolute atomic E-state index is 0.0819. The third-order valence-corrected chi connectivity index (χ3v) is 5.32. The number of amides is 1. The number of hydrogen-bond donors (Lipinski definition) is 1. The number of nitrogens with zero attached hydrogens (tertiary/aromatic N) is 3. The lowest BCUT2D eigenvalue weighted by Gasteiger charge is -2.31. The van der Waals surface area contributed by atoms with Gasteiger partial charge >= 0.3 is 12.1 Å². The molecule has 1 aromatic rings. The molecule has 2 aliphatic heterocycles. The molecule has 31 heavy (non-hydrogen) atoms. The second-order valence-corrected chi connectivity index (χ2v) is 8.71. The number of halogens is 3. The minimum atomic E-state index is -5.08. The number of likely N-dealkylation sites (tertiary alicyclic amines) is 1. The van der Waals surface area contributed by atoms with Gasteiger partial charge in [0, 0.05) is 50.1 Å². The fourth-order valence-corrected chi connectivity index (χ4v) is 3.96. The van der Waals surface area contributed by atoms with E-state index in [2.05, 4.69) is 23.9 Å². The van der Waals surface area contributed by atoms with Crippen LogP contribution in [0.4, 0.5) is 13.2 Å². The average molecular weight is 449 g/mol. The zero-order valence-corrected chi connectivity index (χ0v) is 18.3. The quantitative estimate of drug-likeness (QED) is 0.755. The molecule has 2 aliphatic rings. The van der Waals surface area contributed by atoms with Crippen molar-refractivity contribution in [2.45, 2.75) is 46.8 Å². The van der Waals surface area contributed by atoms with E-state index >= 15 is 0 Å². The number of alkyl halides is 3. The molecule has 3 heterocycles. The van der Waals surface area contributed by atoms with Crippen LogP contribution >= 0.6 is 0 Å². The molecule has 3 rings (SSSR count). The van der Waals surface area contributed by atoms with Gasteiger partial charge in [-0.25, -0.2) is 4.79 Å². The Morgan fingerprint density at radius 1 is 1.29 bits per heavy atom. The normalized spacial score (nSPS) is 22.6. The first kappa shape index (κ1) is 25.1. The summed E-state index contributed by atoms with van der Waals surface area (Å²) in [7, 11) is 0. The average Bonchev–Trinajstić information content (AvgIpc) is 3.02. The van der Waals surface area contributed by atoms with E-state index in [1.54, 1.807) is 0 Å². The van der Waals surface area contributed by atoms with Crippen LogP contribution in [0.25, 0.3) is 0 Å². The number of carbonyl (C=O) groups is 2. The van der Waals surface area contributed by atoms with Gasteiger partial charge < -0.3 is 19.3 Å². The zero-order chi connectivity index (χ0) is 23.4. The lowest BCUT2D eigenvalue weighted by atomic mass is 9.87. The third-order valence-electron chi connectivity index (χ3n) is 5.32. The van der Waals surface area contributed by atoms with Crippen LogP contribution in [0.1, 0.15) is 37.3 Å². The molecule has 1 atom stereocenters. The predicted octanol–water partition coefficient (Wildman–Crippen LogP) is 2.63. The van der Waals surface area contributed by atoms with E-state index in [1.165, 1.54) is 0 Å². The standard InChI is InChI=1S/C18H29N3O3.C2HF3O2/c1-13(2)8-21-11-18(7-17(21)22)10-20(5-6-23-12-18)9-16-14(3)19-24-15(16)4;3-2(4,5)1(6)7/h13H,5-12H2,1-4H3;(H,6,7). The van der Waals surface area contributed by atoms with Crippen LogP contribution < -0.4 is 0 Å². The topological polar surface area (TPSA) is 96.1 Å². The van der Waals surface area contributed by atoms with Crippen LogP contribution in [-0.4, -0.2) is 77.5 Å². The van der Waals surface area contributed by atoms with Crippen LogP contribution in [0.3, 0.4) is 0 Å². The predicted molar refractivity (Wildman–Crippen MR) is 104 cm³/mol. The lowest BCUT2D eigenvalue weighted by molar-refractivity contribution is -0.192. The van der Waals surface area contributed by atoms with E-state index < -0.39 is 12.1 Å². The first-order valence-electron chi connectivity index (χ1n) is 10.1. The third kappa shape index (κ3) is 6.93. The maximum atomic E-state index is 12.5. The van der Waals surface area contributed by atoms with Gasteiger partial charge in [-0.15, -0.1) is 0 Å². The molecule has 1 unspecified atom stereocenters. The second kappa shape index (κ2) is 9.99. The van der Waals surface area contributed by atoms with Crippen molar-refractivity contribution in [3.8, 4) is 0 Å². The van der Waals surface area contributed by atoms with E-state index in [1.807, 2.05) is 18.7 Å². The highest BCUT2D eigenvalue weighted by atomic mass is 19.4. The summed E-state index contributed by atoms with van der Waals surface area (Å²) in [5.74, 6) is -1.11. The van der Waals surface area contributed by atoms with Crippen molar-refractivity contribution in [3.63, 3.8) is 0 Å². The Balaban J connectivity index is 0.000000423. The Morgan fingerprint density at radius 2 is 1.94 bits per heavy atom. The fraction of sp³-hybridized carbons (Fsp3) is 0.750. The molecule has 1 N–H and O–H groups in total. The number of aliphatic carboxylic acids is 1. The van der Waals surface area contributed by atoms with Gasteiger partial charge in [-0.2, -0.15) is 13.2 Å². The summed E-state index contributed by atoms with van der Waals surface area (Å²) in [4.78, 5) is 25.8. The van der Waals surface area contributed by atoms with Crippen LogP contribution in [0.2, 0.25) is 0 Å². The van der Waals surface area contributed by atoms with Crippen molar-refractivity contribution in [1.82, 2.24) is 15.0 Å². The molecule has 0 saturated carbocycles. The molecule has 0 aromatic carbocycles. The molecular formula is C20H30F3N3O5. The number of carboxylic acids is 1. The van der Waals surface area contributed by atoms with Crippen LogP contribution in [0.5, 0.6) is 0 Å². The Labute approximate surface area is 179 Å². The van der Waals surface area contributed by atoms with E-state index in [9.17, 15) is 18.0 Å². The van der Waals surface area contributed by atoms with Crippen molar-refractivity contribution in [2.24, 2.45) is 11.3 Å². The van der Waals surface area contributed by atoms with Gasteiger partial charge in [0.05, 0.1) is 18.9 Å². The van der Waals surface area contributed by atoms with Crippen LogP contribution in [-0.2, 0) is 20.9 Å². The molecular weight excluding hydrogens is 419 g/mol. The van der Waals surface area contributed by atoms with Gasteiger partial charge in [0.2, 0.25) is 5.91 Å². The monoisotopic (exact) mass is 449 g/mol. The molecule has 8 nitrogen and oxygen atoms in total. The number of carboxylic acid groups (broad SMARTS) is 1. The highest BCUT2D eigenvalue weighted by Gasteiger charge is 2.45. The van der Waals surface area contributed by atoms with Crippen molar-refractivity contribution in [2.75, 3.05) is 39.4 Å². The van der Waals surface area contributed by atoms with E-state index in [4.69, 9.17) is 19.2 Å². The molecule has 0 radical (unpaired) electrons. The maximum absolute atomic E-state index is 12.5. The number of hydrogen-bond acceptors (Lipinski definition) is 6. The molecule has 2 saturated heterocycles. The minimum Gasteiger partial charge on any atom is -0.475 e. The van der Waals surface area contributed by atoms with E-state index in [0.717, 1.165) is 49.7 Å². The number of carbonyl (C=O) groups excluding carboxylic acids is 1. The van der Waals surface area contributed by atoms with E-state index in [0.29, 0.717) is 25.6 Å². The SMILES string of the molecule is Cc1noc(C)c1CN1CCOCC2(CC(=O)N(CC(C)C)C2)C1.O=C(O)C(F)(F)F. The summed E-state index contributed by atoms with van der Waals surface area (Å²) in [6, 6.07) is 0. The Kier molecular flexibility index (Phi) is 8.09. The Morgan fingerprint density at radius 3 is 2.45 bits per heavy atom. The molecule has 1 aromatic heterocycles. The fourth-order valence-electron chi connectivity index (χ4n) is 3.96. The number of aryl methyl sites for hydroxylation is 2. The molecule has 0 bridgehead atoms. The largest absolute Gasteiger partial charge is 0.490 e. The van der Waals surface area contributed by atoms with Gasteiger partial charge in [-0.3, -0.25) is 9.69 Å². The molecule has 2 fully saturated rings. The van der Waals surface area contributed by atoms with Crippen molar-refractivity contribution >= 4 is 11.9 Å². The summed E-state index contributed by atoms with van der Waals surface area (Å²) >= 11 is 0. The number of ether oxygens (including phenoxy) is 1. The summed E-state index contributed by atoms with van der Waals surface area (Å²) in [5.41, 5.74) is 2.03. The van der Waals surface area contributed by atoms with Gasteiger partial charge in [-0.05, 0) is 19.8 Å². The van der Waals surface area contributed by atoms with Gasteiger partial charge in [0.15, 0.2) is 0 Å². The second-order valence-electron chi connectivity index (χ2n) is 8.71. The maximum Gasteiger partial charge on any atom is 0.490 e. The van der Waals surface area contributed by atoms with Crippen molar-refractivity contribution < 1.29 is 37.1 Å². The molecule has 11 heteroatoms. The summed E-state index contributed by atoms with van der Waals surface area (Å²) in [6.07, 6.45) is -4.49. The molecule has 1 spiro atoms. The summed E-state index contributed by atoms with van der Waals surface area (Å²) in [6.45, 7) is 13.9. The first-order chi connectivity index (χ1) is 14.3. The molecule has 0 aliphatic carbocycles.